The van der Waals surface area contributed by atoms with E-state index in [4.69, 9.17) is 11.6 Å². The average molecular weight is 226 g/mol. The lowest BCUT2D eigenvalue weighted by molar-refractivity contribution is 0.174. The van der Waals surface area contributed by atoms with E-state index in [1.807, 2.05) is 12.1 Å². The van der Waals surface area contributed by atoms with Crippen LogP contribution in [0.2, 0.25) is 5.02 Å². The molecule has 0 aromatic heterocycles. The van der Waals surface area contributed by atoms with Gasteiger partial charge in [0.05, 0.1) is 6.10 Å². The molecule has 1 saturated heterocycles. The molecule has 0 saturated carbocycles. The van der Waals surface area contributed by atoms with Crippen molar-refractivity contribution in [2.75, 3.05) is 13.1 Å². The number of nitrogens with zero attached hydrogens (tertiary/aromatic N) is 1. The Morgan fingerprint density at radius 2 is 2.33 bits per heavy atom. The summed E-state index contributed by atoms with van der Waals surface area (Å²) in [6.45, 7) is 4.78. The minimum Gasteiger partial charge on any atom is -0.392 e. The van der Waals surface area contributed by atoms with Crippen LogP contribution in [0.15, 0.2) is 18.2 Å². The zero-order valence-electron chi connectivity index (χ0n) is 8.91. The Balaban J connectivity index is 2.04. The van der Waals surface area contributed by atoms with Gasteiger partial charge in [-0.1, -0.05) is 17.7 Å². The van der Waals surface area contributed by atoms with Gasteiger partial charge in [0.2, 0.25) is 0 Å². The van der Waals surface area contributed by atoms with Gasteiger partial charge >= 0.3 is 0 Å². The van der Waals surface area contributed by atoms with Crippen LogP contribution < -0.4 is 0 Å². The predicted octanol–water partition coefficient (Wildman–Crippen LogP) is 2.22. The third-order valence-electron chi connectivity index (χ3n) is 2.95. The second kappa shape index (κ2) is 4.52. The number of β-amino-alcohol motifs (C(OH)–C–C–N with tert-alkyl or cyclic N) is 1. The van der Waals surface area contributed by atoms with E-state index in [-0.39, 0.29) is 6.10 Å². The van der Waals surface area contributed by atoms with Crippen LogP contribution in [-0.4, -0.2) is 29.2 Å². The molecule has 0 amide bonds. The Labute approximate surface area is 95.5 Å². The van der Waals surface area contributed by atoms with Crippen LogP contribution in [0.4, 0.5) is 0 Å². The van der Waals surface area contributed by atoms with Crippen LogP contribution in [0, 0.1) is 6.92 Å². The van der Waals surface area contributed by atoms with Crippen LogP contribution in [0.3, 0.4) is 0 Å². The molecule has 0 spiro atoms. The lowest BCUT2D eigenvalue weighted by Crippen LogP contribution is -2.21. The van der Waals surface area contributed by atoms with Crippen LogP contribution in [-0.2, 0) is 6.54 Å². The van der Waals surface area contributed by atoms with Gasteiger partial charge < -0.3 is 5.11 Å². The van der Waals surface area contributed by atoms with Crippen molar-refractivity contribution in [2.24, 2.45) is 0 Å². The van der Waals surface area contributed by atoms with E-state index in [9.17, 15) is 5.11 Å². The van der Waals surface area contributed by atoms with Gasteiger partial charge in [-0.25, -0.2) is 0 Å². The number of aryl methyl sites for hydroxylation is 1. The summed E-state index contributed by atoms with van der Waals surface area (Å²) in [6.07, 6.45) is 0.754. The summed E-state index contributed by atoms with van der Waals surface area (Å²) in [7, 11) is 0. The van der Waals surface area contributed by atoms with E-state index in [1.54, 1.807) is 0 Å². The maximum atomic E-state index is 9.43. The molecule has 1 aliphatic heterocycles. The maximum absolute atomic E-state index is 9.43. The zero-order chi connectivity index (χ0) is 10.8. The number of hydrogen-bond donors (Lipinski definition) is 1. The van der Waals surface area contributed by atoms with Gasteiger partial charge in [0.25, 0.3) is 0 Å². The van der Waals surface area contributed by atoms with Gasteiger partial charge in [0.1, 0.15) is 0 Å². The van der Waals surface area contributed by atoms with Gasteiger partial charge in [-0.05, 0) is 36.6 Å². The van der Waals surface area contributed by atoms with Crippen LogP contribution in [0.1, 0.15) is 17.5 Å². The van der Waals surface area contributed by atoms with Gasteiger partial charge in [0, 0.05) is 24.7 Å². The normalized spacial score (nSPS) is 22.2. The van der Waals surface area contributed by atoms with Gasteiger partial charge in [-0.2, -0.15) is 0 Å². The van der Waals surface area contributed by atoms with E-state index >= 15 is 0 Å². The fourth-order valence-electron chi connectivity index (χ4n) is 2.03. The first kappa shape index (κ1) is 10.9. The van der Waals surface area contributed by atoms with E-state index in [0.717, 1.165) is 31.1 Å². The molecule has 1 aromatic carbocycles. The summed E-state index contributed by atoms with van der Waals surface area (Å²) in [4.78, 5) is 2.28. The first-order valence-electron chi connectivity index (χ1n) is 5.30. The summed E-state index contributed by atoms with van der Waals surface area (Å²) in [5, 5.41) is 10.2. The van der Waals surface area contributed by atoms with E-state index in [1.165, 1.54) is 11.1 Å². The van der Waals surface area contributed by atoms with Crippen LogP contribution in [0.25, 0.3) is 0 Å². The minimum absolute atomic E-state index is 0.141. The summed E-state index contributed by atoms with van der Waals surface area (Å²) < 4.78 is 0. The van der Waals surface area contributed by atoms with Crippen molar-refractivity contribution < 1.29 is 5.11 Å². The Morgan fingerprint density at radius 1 is 1.53 bits per heavy atom. The Hall–Kier alpha value is -0.570. The van der Waals surface area contributed by atoms with E-state index < -0.39 is 0 Å². The number of hydrogen-bond acceptors (Lipinski definition) is 2. The van der Waals surface area contributed by atoms with Crippen molar-refractivity contribution >= 4 is 11.6 Å². The van der Waals surface area contributed by atoms with Crippen LogP contribution in [0.5, 0.6) is 0 Å². The lowest BCUT2D eigenvalue weighted by atomic mass is 10.1. The SMILES string of the molecule is Cc1cc(Cl)ccc1CN1CC[C@@H](O)C1. The monoisotopic (exact) mass is 225 g/mol. The first-order valence-corrected chi connectivity index (χ1v) is 5.68. The van der Waals surface area contributed by atoms with E-state index in [0.29, 0.717) is 0 Å². The van der Waals surface area contributed by atoms with Crippen molar-refractivity contribution in [1.29, 1.82) is 0 Å². The summed E-state index contributed by atoms with van der Waals surface area (Å²) >= 11 is 5.90. The number of aliphatic hydroxyl groups is 1. The van der Waals surface area contributed by atoms with Crippen molar-refractivity contribution in [2.45, 2.75) is 26.0 Å². The first-order chi connectivity index (χ1) is 7.15. The molecule has 1 atom stereocenters. The highest BCUT2D eigenvalue weighted by Crippen LogP contribution is 2.19. The smallest absolute Gasteiger partial charge is 0.0679 e. The largest absolute Gasteiger partial charge is 0.392 e. The summed E-state index contributed by atoms with van der Waals surface area (Å²) in [5.74, 6) is 0. The third-order valence-corrected chi connectivity index (χ3v) is 3.18. The molecule has 1 fully saturated rings. The molecule has 0 bridgehead atoms. The number of aliphatic hydroxyl groups excluding tert-OH is 1. The van der Waals surface area contributed by atoms with Crippen molar-refractivity contribution in [1.82, 2.24) is 4.90 Å². The van der Waals surface area contributed by atoms with Crippen molar-refractivity contribution in [3.05, 3.63) is 34.3 Å². The third kappa shape index (κ3) is 2.71. The molecule has 0 radical (unpaired) electrons. The van der Waals surface area contributed by atoms with E-state index in [2.05, 4.69) is 17.9 Å². The Morgan fingerprint density at radius 3 is 2.93 bits per heavy atom. The highest BCUT2D eigenvalue weighted by molar-refractivity contribution is 6.30. The quantitative estimate of drug-likeness (QED) is 0.835. The topological polar surface area (TPSA) is 23.5 Å². The fourth-order valence-corrected chi connectivity index (χ4v) is 2.26. The van der Waals surface area contributed by atoms with Crippen LogP contribution >= 0.6 is 11.6 Å². The Kier molecular flexibility index (Phi) is 3.29. The minimum atomic E-state index is -0.141. The number of rotatable bonds is 2. The summed E-state index contributed by atoms with van der Waals surface area (Å²) in [6, 6.07) is 5.99. The molecule has 1 N–H and O–H groups in total. The maximum Gasteiger partial charge on any atom is 0.0679 e. The molecule has 15 heavy (non-hydrogen) atoms. The number of likely N-dealkylation sites (tertiary alicyclic amines) is 1. The second-order valence-corrected chi connectivity index (χ2v) is 4.68. The molecule has 0 aliphatic carbocycles. The fraction of sp³-hybridized carbons (Fsp3) is 0.500. The standard InChI is InChI=1S/C12H16ClNO/c1-9-6-11(13)3-2-10(9)7-14-5-4-12(15)8-14/h2-3,6,12,15H,4-5,7-8H2,1H3/t12-/m1/s1. The molecule has 0 unspecified atom stereocenters. The zero-order valence-corrected chi connectivity index (χ0v) is 9.67. The lowest BCUT2D eigenvalue weighted by Gasteiger charge is -2.16. The van der Waals surface area contributed by atoms with Crippen molar-refractivity contribution in [3.8, 4) is 0 Å². The molecule has 2 nitrogen and oxygen atoms in total. The highest BCUT2D eigenvalue weighted by Gasteiger charge is 2.20. The molecule has 2 rings (SSSR count). The predicted molar refractivity (Wildman–Crippen MR) is 62.1 cm³/mol. The van der Waals surface area contributed by atoms with Crippen molar-refractivity contribution in [3.63, 3.8) is 0 Å². The number of benzene rings is 1. The molecule has 1 heterocycles. The summed E-state index contributed by atoms with van der Waals surface area (Å²) in [5.41, 5.74) is 2.53. The highest BCUT2D eigenvalue weighted by atomic mass is 35.5. The molecule has 1 aromatic rings. The molecule has 82 valence electrons. The molecule has 3 heteroatoms. The molecular formula is C12H16ClNO. The van der Waals surface area contributed by atoms with Gasteiger partial charge in [0.15, 0.2) is 0 Å². The Bertz CT molecular complexity index is 353. The number of halogens is 1. The second-order valence-electron chi connectivity index (χ2n) is 4.25. The molecular weight excluding hydrogens is 210 g/mol. The van der Waals surface area contributed by atoms with Gasteiger partial charge in [-0.3, -0.25) is 4.90 Å². The average Bonchev–Trinajstić information content (AvgIpc) is 2.56. The molecule has 1 aliphatic rings. The van der Waals surface area contributed by atoms with Gasteiger partial charge in [-0.15, -0.1) is 0 Å².